The fourth-order valence-corrected chi connectivity index (χ4v) is 4.02. The molecule has 1 heterocycles. The fraction of sp³-hybridized carbons (Fsp3) is 0.263. The highest BCUT2D eigenvalue weighted by molar-refractivity contribution is 7.17. The lowest BCUT2D eigenvalue weighted by atomic mass is 9.81. The quantitative estimate of drug-likeness (QED) is 0.696. The van der Waals surface area contributed by atoms with Crippen LogP contribution in [0.5, 0.6) is 0 Å². The Kier molecular flexibility index (Phi) is 4.09. The van der Waals surface area contributed by atoms with Crippen molar-refractivity contribution in [3.8, 4) is 0 Å². The fourth-order valence-electron chi connectivity index (χ4n) is 3.06. The minimum atomic E-state index is -0.278. The Balaban J connectivity index is 1.99. The second-order valence-electron chi connectivity index (χ2n) is 5.71. The van der Waals surface area contributed by atoms with Crippen molar-refractivity contribution in [2.24, 2.45) is 5.73 Å². The van der Waals surface area contributed by atoms with Crippen LogP contribution in [0.4, 0.5) is 0 Å². The maximum absolute atomic E-state index is 6.82. The smallest absolute Gasteiger partial charge is 0.0450 e. The molecule has 2 heteroatoms. The molecule has 3 aromatic rings. The van der Waals surface area contributed by atoms with E-state index in [0.717, 1.165) is 19.3 Å². The summed E-state index contributed by atoms with van der Waals surface area (Å²) in [5.41, 5.74) is 9.15. The summed E-state index contributed by atoms with van der Waals surface area (Å²) < 4.78 is 1.35. The van der Waals surface area contributed by atoms with Crippen molar-refractivity contribution in [3.63, 3.8) is 0 Å². The first-order chi connectivity index (χ1) is 10.2. The average molecular weight is 295 g/mol. The molecule has 0 amide bonds. The third-order valence-electron chi connectivity index (χ3n) is 4.11. The highest BCUT2D eigenvalue weighted by Gasteiger charge is 2.27. The number of hydrogen-bond acceptors (Lipinski definition) is 2. The molecule has 21 heavy (non-hydrogen) atoms. The maximum atomic E-state index is 6.82. The van der Waals surface area contributed by atoms with Crippen LogP contribution >= 0.6 is 11.3 Å². The summed E-state index contributed by atoms with van der Waals surface area (Å²) in [4.78, 5) is 0. The van der Waals surface area contributed by atoms with E-state index in [-0.39, 0.29) is 5.54 Å². The van der Waals surface area contributed by atoms with Crippen molar-refractivity contribution in [2.45, 2.75) is 31.7 Å². The summed E-state index contributed by atoms with van der Waals surface area (Å²) in [5.74, 6) is 0. The van der Waals surface area contributed by atoms with Gasteiger partial charge in [-0.1, -0.05) is 61.9 Å². The normalized spacial score (nSPS) is 14.2. The third-order valence-corrected chi connectivity index (χ3v) is 5.12. The van der Waals surface area contributed by atoms with Gasteiger partial charge in [-0.25, -0.2) is 0 Å². The zero-order valence-corrected chi connectivity index (χ0v) is 13.2. The molecule has 1 unspecified atom stereocenters. The van der Waals surface area contributed by atoms with Crippen molar-refractivity contribution in [3.05, 3.63) is 71.1 Å². The number of hydrogen-bond donors (Lipinski definition) is 1. The number of fused-ring (bicyclic) bond motifs is 1. The first-order valence-corrected chi connectivity index (χ1v) is 8.40. The first kappa shape index (κ1) is 14.3. The molecule has 0 saturated heterocycles. The van der Waals surface area contributed by atoms with Crippen LogP contribution < -0.4 is 5.73 Å². The molecule has 0 aliphatic rings. The molecular formula is C19H21NS. The van der Waals surface area contributed by atoms with E-state index in [1.54, 1.807) is 0 Å². The van der Waals surface area contributed by atoms with E-state index in [1.165, 1.54) is 21.2 Å². The highest BCUT2D eigenvalue weighted by atomic mass is 32.1. The van der Waals surface area contributed by atoms with Crippen LogP contribution in [0.3, 0.4) is 0 Å². The van der Waals surface area contributed by atoms with Gasteiger partial charge in [0, 0.05) is 10.2 Å². The Morgan fingerprint density at radius 1 is 1.00 bits per heavy atom. The predicted molar refractivity (Wildman–Crippen MR) is 92.7 cm³/mol. The largest absolute Gasteiger partial charge is 0.321 e. The molecule has 0 radical (unpaired) electrons. The molecule has 1 aromatic heterocycles. The molecule has 1 nitrogen and oxygen atoms in total. The molecule has 108 valence electrons. The van der Waals surface area contributed by atoms with Crippen molar-refractivity contribution in [1.29, 1.82) is 0 Å². The SMILES string of the molecule is CCCC(N)(Cc1csc2ccccc12)c1ccccc1. The van der Waals surface area contributed by atoms with Crippen molar-refractivity contribution >= 4 is 21.4 Å². The van der Waals surface area contributed by atoms with E-state index >= 15 is 0 Å². The lowest BCUT2D eigenvalue weighted by Gasteiger charge is -2.30. The molecule has 3 rings (SSSR count). The standard InChI is InChI=1S/C19H21NS/c1-2-12-19(20,16-8-4-3-5-9-16)13-15-14-21-18-11-7-6-10-17(15)18/h3-11,14H,2,12-13,20H2,1H3. The summed E-state index contributed by atoms with van der Waals surface area (Å²) in [5, 5.41) is 3.62. The number of benzene rings is 2. The second kappa shape index (κ2) is 6.00. The van der Waals surface area contributed by atoms with E-state index < -0.39 is 0 Å². The lowest BCUT2D eigenvalue weighted by molar-refractivity contribution is 0.402. The Morgan fingerprint density at radius 2 is 1.71 bits per heavy atom. The van der Waals surface area contributed by atoms with Crippen molar-refractivity contribution in [1.82, 2.24) is 0 Å². The summed E-state index contributed by atoms with van der Waals surface area (Å²) in [6.07, 6.45) is 2.99. The maximum Gasteiger partial charge on any atom is 0.0450 e. The molecular weight excluding hydrogens is 274 g/mol. The van der Waals surface area contributed by atoms with Gasteiger partial charge in [0.1, 0.15) is 0 Å². The van der Waals surface area contributed by atoms with Gasteiger partial charge in [0.05, 0.1) is 0 Å². The Morgan fingerprint density at radius 3 is 2.48 bits per heavy atom. The molecule has 0 spiro atoms. The van der Waals surface area contributed by atoms with Gasteiger partial charge in [0.25, 0.3) is 0 Å². The zero-order valence-electron chi connectivity index (χ0n) is 12.4. The summed E-state index contributed by atoms with van der Waals surface area (Å²) in [6.45, 7) is 2.20. The molecule has 2 aromatic carbocycles. The molecule has 0 aliphatic carbocycles. The number of nitrogens with two attached hydrogens (primary N) is 1. The molecule has 0 fully saturated rings. The molecule has 0 bridgehead atoms. The van der Waals surface area contributed by atoms with E-state index in [2.05, 4.69) is 66.9 Å². The Hall–Kier alpha value is -1.64. The van der Waals surface area contributed by atoms with Crippen LogP contribution in [-0.4, -0.2) is 0 Å². The molecule has 0 saturated carbocycles. The van der Waals surface area contributed by atoms with Gasteiger partial charge in [0.2, 0.25) is 0 Å². The molecule has 1 atom stereocenters. The summed E-state index contributed by atoms with van der Waals surface area (Å²) in [6, 6.07) is 19.1. The Labute approximate surface area is 130 Å². The zero-order chi connectivity index (χ0) is 14.7. The van der Waals surface area contributed by atoms with Gasteiger partial charge >= 0.3 is 0 Å². The topological polar surface area (TPSA) is 26.0 Å². The molecule has 2 N–H and O–H groups in total. The van der Waals surface area contributed by atoms with E-state index in [9.17, 15) is 0 Å². The average Bonchev–Trinajstić information content (AvgIpc) is 2.92. The summed E-state index contributed by atoms with van der Waals surface area (Å²) in [7, 11) is 0. The van der Waals surface area contributed by atoms with Crippen molar-refractivity contribution in [2.75, 3.05) is 0 Å². The summed E-state index contributed by atoms with van der Waals surface area (Å²) >= 11 is 1.81. The second-order valence-corrected chi connectivity index (χ2v) is 6.62. The highest BCUT2D eigenvalue weighted by Crippen LogP contribution is 2.33. The van der Waals surface area contributed by atoms with Crippen LogP contribution in [0.15, 0.2) is 60.0 Å². The van der Waals surface area contributed by atoms with Gasteiger partial charge in [-0.15, -0.1) is 11.3 Å². The van der Waals surface area contributed by atoms with E-state index in [0.29, 0.717) is 0 Å². The van der Waals surface area contributed by atoms with E-state index in [4.69, 9.17) is 5.73 Å². The monoisotopic (exact) mass is 295 g/mol. The predicted octanol–water partition coefficient (Wildman–Crippen LogP) is 5.10. The van der Waals surface area contributed by atoms with Gasteiger partial charge in [-0.05, 0) is 40.8 Å². The number of thiophene rings is 1. The van der Waals surface area contributed by atoms with Gasteiger partial charge < -0.3 is 5.73 Å². The lowest BCUT2D eigenvalue weighted by Crippen LogP contribution is -2.38. The first-order valence-electron chi connectivity index (χ1n) is 7.52. The minimum Gasteiger partial charge on any atom is -0.321 e. The van der Waals surface area contributed by atoms with Crippen molar-refractivity contribution < 1.29 is 0 Å². The molecule has 0 aliphatic heterocycles. The minimum absolute atomic E-state index is 0.278. The number of rotatable bonds is 5. The van der Waals surface area contributed by atoms with Crippen LogP contribution in [-0.2, 0) is 12.0 Å². The Bertz CT molecular complexity index is 717. The van der Waals surface area contributed by atoms with Crippen LogP contribution in [0.2, 0.25) is 0 Å². The van der Waals surface area contributed by atoms with Gasteiger partial charge in [0.15, 0.2) is 0 Å². The van der Waals surface area contributed by atoms with Crippen LogP contribution in [0, 0.1) is 0 Å². The van der Waals surface area contributed by atoms with Crippen LogP contribution in [0.1, 0.15) is 30.9 Å². The third kappa shape index (κ3) is 2.87. The van der Waals surface area contributed by atoms with Gasteiger partial charge in [-0.2, -0.15) is 0 Å². The van der Waals surface area contributed by atoms with Crippen LogP contribution in [0.25, 0.3) is 10.1 Å². The van der Waals surface area contributed by atoms with E-state index in [1.807, 2.05) is 11.3 Å². The van der Waals surface area contributed by atoms with Gasteiger partial charge in [-0.3, -0.25) is 0 Å².